The number of imidazole rings is 1. The molecule has 1 aliphatic heterocycles. The predicted octanol–water partition coefficient (Wildman–Crippen LogP) is 4.75. The fourth-order valence-corrected chi connectivity index (χ4v) is 5.31. The van der Waals surface area contributed by atoms with Crippen LogP contribution in [0.1, 0.15) is 66.2 Å². The van der Waals surface area contributed by atoms with Gasteiger partial charge < -0.3 is 21.1 Å². The molecule has 0 spiro atoms. The van der Waals surface area contributed by atoms with Gasteiger partial charge in [0.05, 0.1) is 0 Å². The molecule has 6 rings (SSSR count). The van der Waals surface area contributed by atoms with Crippen LogP contribution < -0.4 is 11.1 Å². The number of fused-ring (bicyclic) bond motifs is 1. The minimum atomic E-state index is -0.923. The summed E-state index contributed by atoms with van der Waals surface area (Å²) in [5, 5.41) is 12.5. The van der Waals surface area contributed by atoms with Gasteiger partial charge in [0.1, 0.15) is 28.7 Å². The smallest absolute Gasteiger partial charge is 0.407 e. The second-order valence-corrected chi connectivity index (χ2v) is 10.2. The highest BCUT2D eigenvalue weighted by Crippen LogP contribution is 2.40. The number of nitrogens with one attached hydrogen (secondary N) is 1. The second kappa shape index (κ2) is 9.44. The zero-order valence-electron chi connectivity index (χ0n) is 21.0. The summed E-state index contributed by atoms with van der Waals surface area (Å²) in [7, 11) is 0. The number of likely N-dealkylation sites (tertiary alicyclic amines) is 1. The third-order valence-electron chi connectivity index (χ3n) is 7.60. The first kappa shape index (κ1) is 23.9. The van der Waals surface area contributed by atoms with Gasteiger partial charge in [0.25, 0.3) is 5.91 Å². The molecule has 10 nitrogen and oxygen atoms in total. The summed E-state index contributed by atoms with van der Waals surface area (Å²) in [6.07, 6.45) is 8.18. The number of carbonyl (C=O) groups excluding carboxylic acids is 1. The number of anilines is 2. The maximum Gasteiger partial charge on any atom is 0.407 e. The van der Waals surface area contributed by atoms with E-state index in [4.69, 9.17) is 10.7 Å². The highest BCUT2D eigenvalue weighted by molar-refractivity contribution is 6.04. The van der Waals surface area contributed by atoms with Crippen molar-refractivity contribution >= 4 is 29.2 Å². The molecule has 1 saturated carbocycles. The molecule has 10 heteroatoms. The van der Waals surface area contributed by atoms with E-state index in [-0.39, 0.29) is 17.9 Å². The van der Waals surface area contributed by atoms with Crippen molar-refractivity contribution in [1.82, 2.24) is 24.3 Å². The molecule has 1 aromatic carbocycles. The van der Waals surface area contributed by atoms with Gasteiger partial charge in [0, 0.05) is 48.2 Å². The Morgan fingerprint density at radius 2 is 1.79 bits per heavy atom. The second-order valence-electron chi connectivity index (χ2n) is 10.2. The van der Waals surface area contributed by atoms with Gasteiger partial charge in [-0.15, -0.1) is 0 Å². The first-order valence-electron chi connectivity index (χ1n) is 12.9. The van der Waals surface area contributed by atoms with E-state index in [1.54, 1.807) is 24.5 Å². The lowest BCUT2D eigenvalue weighted by Gasteiger charge is -2.35. The van der Waals surface area contributed by atoms with Crippen molar-refractivity contribution in [2.24, 2.45) is 0 Å². The number of rotatable bonds is 5. The normalized spacial score (nSPS) is 19.4. The quantitative estimate of drug-likeness (QED) is 0.351. The van der Waals surface area contributed by atoms with Crippen molar-refractivity contribution in [2.45, 2.75) is 50.5 Å². The molecule has 2 amide bonds. The Kier molecular flexibility index (Phi) is 5.94. The van der Waals surface area contributed by atoms with Gasteiger partial charge >= 0.3 is 6.09 Å². The minimum absolute atomic E-state index is 0.0359. The summed E-state index contributed by atoms with van der Waals surface area (Å²) in [5.41, 5.74) is 10.1. The summed E-state index contributed by atoms with van der Waals surface area (Å²) in [4.78, 5) is 39.6. The number of hydrogen-bond acceptors (Lipinski definition) is 6. The van der Waals surface area contributed by atoms with Crippen molar-refractivity contribution in [3.63, 3.8) is 0 Å². The Hall–Kier alpha value is -4.47. The van der Waals surface area contributed by atoms with Crippen LogP contribution in [0.2, 0.25) is 0 Å². The molecule has 4 aromatic rings. The van der Waals surface area contributed by atoms with E-state index in [1.165, 1.54) is 23.3 Å². The Bertz CT molecular complexity index is 1530. The van der Waals surface area contributed by atoms with Crippen LogP contribution in [-0.2, 0) is 0 Å². The third kappa shape index (κ3) is 4.42. The number of carboxylic acid groups (broad SMARTS) is 1. The molecular weight excluding hydrogens is 482 g/mol. The highest BCUT2D eigenvalue weighted by Gasteiger charge is 2.33. The maximum absolute atomic E-state index is 12.9. The maximum atomic E-state index is 12.9. The third-order valence-corrected chi connectivity index (χ3v) is 7.60. The number of nitrogen functional groups attached to an aromatic ring is 1. The van der Waals surface area contributed by atoms with Gasteiger partial charge in [-0.25, -0.2) is 19.7 Å². The largest absolute Gasteiger partial charge is 0.465 e. The molecule has 2 aliphatic rings. The van der Waals surface area contributed by atoms with E-state index in [0.717, 1.165) is 24.2 Å². The van der Waals surface area contributed by atoms with E-state index in [9.17, 15) is 14.7 Å². The molecule has 1 saturated heterocycles. The van der Waals surface area contributed by atoms with Gasteiger partial charge in [0.2, 0.25) is 0 Å². The number of hydrogen-bond donors (Lipinski definition) is 3. The average Bonchev–Trinajstić information content (AvgIpc) is 3.70. The van der Waals surface area contributed by atoms with Gasteiger partial charge in [-0.1, -0.05) is 12.1 Å². The van der Waals surface area contributed by atoms with Gasteiger partial charge in [-0.05, 0) is 68.4 Å². The first-order chi connectivity index (χ1) is 18.4. The fourth-order valence-electron chi connectivity index (χ4n) is 5.31. The molecule has 4 heterocycles. The Morgan fingerprint density at radius 3 is 2.53 bits per heavy atom. The van der Waals surface area contributed by atoms with Crippen molar-refractivity contribution in [3.05, 3.63) is 71.9 Å². The van der Waals surface area contributed by atoms with E-state index in [2.05, 4.69) is 15.3 Å². The molecule has 2 atom stereocenters. The fraction of sp³-hybridized carbons (Fsp3) is 0.321. The number of benzene rings is 1. The van der Waals surface area contributed by atoms with E-state index < -0.39 is 6.09 Å². The van der Waals surface area contributed by atoms with Crippen LogP contribution >= 0.6 is 0 Å². The van der Waals surface area contributed by atoms with Gasteiger partial charge in [0.15, 0.2) is 0 Å². The summed E-state index contributed by atoms with van der Waals surface area (Å²) in [6, 6.07) is 11.1. The van der Waals surface area contributed by atoms with Crippen LogP contribution in [-0.4, -0.2) is 53.9 Å². The van der Waals surface area contributed by atoms with Gasteiger partial charge in [-0.2, -0.15) is 0 Å². The number of nitrogens with zero attached hydrogens (tertiary/aromatic N) is 5. The molecular formula is C28H29N7O3. The van der Waals surface area contributed by atoms with Crippen LogP contribution in [0.4, 0.5) is 16.4 Å². The van der Waals surface area contributed by atoms with Crippen LogP contribution in [0, 0.1) is 0 Å². The van der Waals surface area contributed by atoms with Crippen molar-refractivity contribution in [2.75, 3.05) is 17.6 Å². The van der Waals surface area contributed by atoms with Crippen LogP contribution in [0.25, 0.3) is 16.8 Å². The summed E-state index contributed by atoms with van der Waals surface area (Å²) in [6.45, 7) is 2.30. The lowest BCUT2D eigenvalue weighted by molar-refractivity contribution is 0.102. The Balaban J connectivity index is 1.28. The zero-order valence-corrected chi connectivity index (χ0v) is 21.0. The average molecular weight is 512 g/mol. The highest BCUT2D eigenvalue weighted by atomic mass is 16.4. The molecule has 0 radical (unpaired) electrons. The molecule has 2 unspecified atom stereocenters. The molecule has 0 bridgehead atoms. The number of aromatic nitrogens is 4. The molecule has 38 heavy (non-hydrogen) atoms. The van der Waals surface area contributed by atoms with Crippen LogP contribution in [0.3, 0.4) is 0 Å². The zero-order chi connectivity index (χ0) is 26.4. The summed E-state index contributed by atoms with van der Waals surface area (Å²) in [5.74, 6) is 1.90. The Labute approximate surface area is 219 Å². The first-order valence-corrected chi connectivity index (χ1v) is 12.9. The SMILES string of the molecule is CC1CCC(c2nc(-c3ccc(C(=O)Nc4cc(C5CC5)ccn4)cc3)c3c(N)nccn23)CN1C(=O)O. The van der Waals surface area contributed by atoms with E-state index in [0.29, 0.717) is 40.9 Å². The number of piperidine rings is 1. The lowest BCUT2D eigenvalue weighted by Crippen LogP contribution is -2.44. The monoisotopic (exact) mass is 511 g/mol. The van der Waals surface area contributed by atoms with Crippen molar-refractivity contribution < 1.29 is 14.7 Å². The van der Waals surface area contributed by atoms with E-state index in [1.807, 2.05) is 41.8 Å². The van der Waals surface area contributed by atoms with Crippen LogP contribution in [0.15, 0.2) is 55.0 Å². The number of nitrogens with two attached hydrogens (primary N) is 1. The lowest BCUT2D eigenvalue weighted by atomic mass is 9.93. The number of carbonyl (C=O) groups is 2. The van der Waals surface area contributed by atoms with Gasteiger partial charge in [-0.3, -0.25) is 9.20 Å². The van der Waals surface area contributed by atoms with Crippen molar-refractivity contribution in [1.29, 1.82) is 0 Å². The molecule has 1 aliphatic carbocycles. The predicted molar refractivity (Wildman–Crippen MR) is 143 cm³/mol. The molecule has 2 fully saturated rings. The minimum Gasteiger partial charge on any atom is -0.465 e. The topological polar surface area (TPSA) is 139 Å². The number of pyridine rings is 1. The molecule has 4 N–H and O–H groups in total. The summed E-state index contributed by atoms with van der Waals surface area (Å²) < 4.78 is 1.91. The molecule has 3 aromatic heterocycles. The standard InChI is InChI=1S/C28H29N7O3/c1-16-2-3-21(15-35(16)28(37)38)26-33-23(24-25(29)31-12-13-34(24)26)18-6-8-19(9-7-18)27(36)32-22-14-20(10-11-30-22)17-4-5-17/h6-14,16-17,21H,2-5,15H2,1H3,(H2,29,31)(H,37,38)(H,30,32,36). The Morgan fingerprint density at radius 1 is 1.03 bits per heavy atom. The van der Waals surface area contributed by atoms with E-state index >= 15 is 0 Å². The van der Waals surface area contributed by atoms with Crippen LogP contribution in [0.5, 0.6) is 0 Å². The van der Waals surface area contributed by atoms with Crippen molar-refractivity contribution in [3.8, 4) is 11.3 Å². The molecule has 194 valence electrons. The summed E-state index contributed by atoms with van der Waals surface area (Å²) >= 11 is 0. The number of amides is 2.